The van der Waals surface area contributed by atoms with Crippen LogP contribution in [0.5, 0.6) is 0 Å². The largest absolute Gasteiger partial charge is 0.458 e. The molecule has 53 heavy (non-hydrogen) atoms. The molecule has 11 heteroatoms. The summed E-state index contributed by atoms with van der Waals surface area (Å²) >= 11 is 0. The number of ketones is 1. The Hall–Kier alpha value is -2.60. The lowest BCUT2D eigenvalue weighted by atomic mass is 9.85. The van der Waals surface area contributed by atoms with Crippen LogP contribution in [0.15, 0.2) is 23.8 Å². The molecule has 0 radical (unpaired) electrons. The molecule has 3 aliphatic heterocycles. The standard InChI is InChI=1S/C42H70N2O9/c1-9-12-34(46)24-36-18-16-28(3)39(51-36)25-40(48)44-26-37(47)31(6)41(49)43-22-11-14-38-29(4)19-21-42(53-38)20-10-13-35(52-42)17-15-27(2)23-30(5)32(7)50-33(8)45/h9,12,23,27-29,31-32,35-39,47H,10-11,13-22,24-26H2,1-8H3,(H,43,49)(H,44,48). The van der Waals surface area contributed by atoms with Crippen molar-refractivity contribution in [1.29, 1.82) is 0 Å². The molecule has 3 rings (SSSR count). The molecule has 11 unspecified atom stereocenters. The summed E-state index contributed by atoms with van der Waals surface area (Å²) in [5, 5.41) is 16.4. The van der Waals surface area contributed by atoms with Gasteiger partial charge in [-0.1, -0.05) is 39.8 Å². The summed E-state index contributed by atoms with van der Waals surface area (Å²) in [5.41, 5.74) is 1.06. The van der Waals surface area contributed by atoms with Gasteiger partial charge in [0.15, 0.2) is 11.6 Å². The third-order valence-corrected chi connectivity index (χ3v) is 11.5. The maximum absolute atomic E-state index is 12.9. The van der Waals surface area contributed by atoms with Gasteiger partial charge >= 0.3 is 5.97 Å². The predicted octanol–water partition coefficient (Wildman–Crippen LogP) is 6.50. The molecule has 3 heterocycles. The van der Waals surface area contributed by atoms with Crippen molar-refractivity contribution in [1.82, 2.24) is 10.6 Å². The third-order valence-electron chi connectivity index (χ3n) is 11.5. The van der Waals surface area contributed by atoms with Crippen LogP contribution < -0.4 is 10.6 Å². The fourth-order valence-corrected chi connectivity index (χ4v) is 7.84. The first kappa shape index (κ1) is 44.8. The van der Waals surface area contributed by atoms with E-state index in [9.17, 15) is 24.3 Å². The highest BCUT2D eigenvalue weighted by molar-refractivity contribution is 5.89. The number of rotatable bonds is 19. The van der Waals surface area contributed by atoms with Crippen LogP contribution in [0.3, 0.4) is 0 Å². The number of hydrogen-bond acceptors (Lipinski definition) is 9. The number of nitrogens with one attached hydrogen (secondary N) is 2. The van der Waals surface area contributed by atoms with E-state index in [1.54, 1.807) is 26.0 Å². The normalized spacial score (nSPS) is 30.3. The fraction of sp³-hybridized carbons (Fsp3) is 0.810. The maximum Gasteiger partial charge on any atom is 0.303 e. The van der Waals surface area contributed by atoms with Gasteiger partial charge in [0.05, 0.1) is 42.9 Å². The van der Waals surface area contributed by atoms with Crippen LogP contribution in [0.4, 0.5) is 0 Å². The quantitative estimate of drug-likeness (QED) is 0.0583. The Kier molecular flexibility index (Phi) is 18.7. The second-order valence-electron chi connectivity index (χ2n) is 16.3. The van der Waals surface area contributed by atoms with Gasteiger partial charge in [0.2, 0.25) is 11.8 Å². The molecule has 3 fully saturated rings. The van der Waals surface area contributed by atoms with Gasteiger partial charge in [-0.05, 0) is 108 Å². The zero-order valence-electron chi connectivity index (χ0n) is 33.8. The van der Waals surface area contributed by atoms with Crippen molar-refractivity contribution in [2.24, 2.45) is 23.7 Å². The summed E-state index contributed by atoms with van der Waals surface area (Å²) < 4.78 is 24.9. The average molecular weight is 747 g/mol. The molecule has 0 bridgehead atoms. The molecular formula is C42H70N2O9. The SMILES string of the molecule is CC=CC(=O)CC1CCC(C)C(CC(=O)NCC(O)C(C)C(=O)NCCCC2OC3(CCCC(CCC(C)C=C(C)C(C)OC(C)=O)O3)CCC2C)O1. The van der Waals surface area contributed by atoms with E-state index in [4.69, 9.17) is 18.9 Å². The molecule has 11 nitrogen and oxygen atoms in total. The van der Waals surface area contributed by atoms with Crippen molar-refractivity contribution in [2.45, 2.75) is 181 Å². The van der Waals surface area contributed by atoms with Crippen molar-refractivity contribution in [2.75, 3.05) is 13.1 Å². The molecule has 3 saturated heterocycles. The number of carbonyl (C=O) groups is 4. The Labute approximate surface area is 318 Å². The molecule has 302 valence electrons. The smallest absolute Gasteiger partial charge is 0.303 e. The molecule has 3 aliphatic rings. The Morgan fingerprint density at radius 2 is 1.64 bits per heavy atom. The molecule has 1 spiro atoms. The number of hydrogen-bond donors (Lipinski definition) is 3. The highest BCUT2D eigenvalue weighted by atomic mass is 16.7. The topological polar surface area (TPSA) is 149 Å². The van der Waals surface area contributed by atoms with E-state index >= 15 is 0 Å². The van der Waals surface area contributed by atoms with Gasteiger partial charge in [0.25, 0.3) is 0 Å². The summed E-state index contributed by atoms with van der Waals surface area (Å²) in [6, 6.07) is 0. The Bertz CT molecular complexity index is 1250. The Morgan fingerprint density at radius 3 is 2.36 bits per heavy atom. The number of ether oxygens (including phenoxy) is 4. The molecule has 0 saturated carbocycles. The number of aliphatic hydroxyl groups is 1. The van der Waals surface area contributed by atoms with Crippen molar-refractivity contribution >= 4 is 23.6 Å². The molecule has 0 aliphatic carbocycles. The van der Waals surface area contributed by atoms with Crippen molar-refractivity contribution in [3.8, 4) is 0 Å². The number of allylic oxidation sites excluding steroid dienone is 3. The zero-order valence-corrected chi connectivity index (χ0v) is 33.8. The lowest BCUT2D eigenvalue weighted by Gasteiger charge is -2.48. The molecule has 11 atom stereocenters. The van der Waals surface area contributed by atoms with Crippen LogP contribution in [-0.2, 0) is 38.1 Å². The fourth-order valence-electron chi connectivity index (χ4n) is 7.84. The number of esters is 1. The van der Waals surface area contributed by atoms with E-state index in [1.165, 1.54) is 6.92 Å². The first-order valence-corrected chi connectivity index (χ1v) is 20.4. The maximum atomic E-state index is 12.9. The van der Waals surface area contributed by atoms with Gasteiger partial charge in [-0.15, -0.1) is 0 Å². The van der Waals surface area contributed by atoms with Gasteiger partial charge in [0, 0.05) is 39.3 Å². The van der Waals surface area contributed by atoms with Crippen molar-refractivity contribution in [3.63, 3.8) is 0 Å². The highest BCUT2D eigenvalue weighted by Crippen LogP contribution is 2.43. The monoisotopic (exact) mass is 747 g/mol. The molecule has 0 aromatic heterocycles. The molecular weight excluding hydrogens is 676 g/mol. The van der Waals surface area contributed by atoms with Crippen LogP contribution in [0.25, 0.3) is 0 Å². The third kappa shape index (κ3) is 15.2. The summed E-state index contributed by atoms with van der Waals surface area (Å²) in [6.07, 6.45) is 14.5. The highest BCUT2D eigenvalue weighted by Gasteiger charge is 2.44. The van der Waals surface area contributed by atoms with Crippen LogP contribution in [0.1, 0.15) is 139 Å². The second kappa shape index (κ2) is 22.1. The van der Waals surface area contributed by atoms with E-state index in [2.05, 4.69) is 30.6 Å². The van der Waals surface area contributed by atoms with Crippen LogP contribution in [0.2, 0.25) is 0 Å². The van der Waals surface area contributed by atoms with Crippen LogP contribution in [0, 0.1) is 23.7 Å². The minimum absolute atomic E-state index is 0.0192. The molecule has 0 aromatic rings. The number of amides is 2. The van der Waals surface area contributed by atoms with Gasteiger partial charge in [0.1, 0.15) is 6.10 Å². The Balaban J connectivity index is 1.36. The molecule has 0 aromatic carbocycles. The minimum atomic E-state index is -1.03. The summed E-state index contributed by atoms with van der Waals surface area (Å²) in [6.45, 7) is 15.7. The minimum Gasteiger partial charge on any atom is -0.458 e. The van der Waals surface area contributed by atoms with E-state index in [1.807, 2.05) is 20.8 Å². The van der Waals surface area contributed by atoms with Gasteiger partial charge < -0.3 is 34.7 Å². The first-order chi connectivity index (χ1) is 25.1. The van der Waals surface area contributed by atoms with E-state index in [-0.39, 0.29) is 73.0 Å². The molecule has 2 amide bonds. The lowest BCUT2D eigenvalue weighted by molar-refractivity contribution is -0.324. The van der Waals surface area contributed by atoms with E-state index in [0.29, 0.717) is 24.8 Å². The van der Waals surface area contributed by atoms with E-state index < -0.39 is 17.8 Å². The average Bonchev–Trinajstić information content (AvgIpc) is 3.10. The predicted molar refractivity (Wildman–Crippen MR) is 205 cm³/mol. The van der Waals surface area contributed by atoms with Gasteiger partial charge in [-0.25, -0.2) is 0 Å². The van der Waals surface area contributed by atoms with Gasteiger partial charge in [-0.2, -0.15) is 0 Å². The summed E-state index contributed by atoms with van der Waals surface area (Å²) in [7, 11) is 0. The first-order valence-electron chi connectivity index (χ1n) is 20.4. The van der Waals surface area contributed by atoms with Crippen LogP contribution >= 0.6 is 0 Å². The molecule has 3 N–H and O–H groups in total. The van der Waals surface area contributed by atoms with Crippen molar-refractivity contribution < 1.29 is 43.2 Å². The van der Waals surface area contributed by atoms with Crippen LogP contribution in [-0.4, -0.2) is 84.2 Å². The lowest BCUT2D eigenvalue weighted by Crippen LogP contribution is -2.50. The number of carbonyl (C=O) groups excluding carboxylic acids is 4. The van der Waals surface area contributed by atoms with E-state index in [0.717, 1.165) is 76.2 Å². The Morgan fingerprint density at radius 1 is 0.906 bits per heavy atom. The number of aliphatic hydroxyl groups excluding tert-OH is 1. The second-order valence-corrected chi connectivity index (χ2v) is 16.3. The van der Waals surface area contributed by atoms with Gasteiger partial charge in [-0.3, -0.25) is 19.2 Å². The summed E-state index contributed by atoms with van der Waals surface area (Å²) in [5.74, 6) is -1.05. The van der Waals surface area contributed by atoms with Crippen molar-refractivity contribution in [3.05, 3.63) is 23.8 Å². The zero-order chi connectivity index (χ0) is 39.1. The summed E-state index contributed by atoms with van der Waals surface area (Å²) in [4.78, 5) is 48.9.